The van der Waals surface area contributed by atoms with Gasteiger partial charge in [-0.15, -0.1) is 5.10 Å². The molecule has 2 heterocycles. The molecule has 5 heteroatoms. The molecule has 1 aromatic heterocycles. The Bertz CT molecular complexity index is 286. The second kappa shape index (κ2) is 3.92. The van der Waals surface area contributed by atoms with E-state index >= 15 is 0 Å². The van der Waals surface area contributed by atoms with Crippen LogP contribution in [0.25, 0.3) is 0 Å². The summed E-state index contributed by atoms with van der Waals surface area (Å²) in [7, 11) is 0. The van der Waals surface area contributed by atoms with Crippen LogP contribution in [-0.2, 0) is 11.3 Å². The van der Waals surface area contributed by atoms with E-state index in [0.717, 1.165) is 25.5 Å². The lowest BCUT2D eigenvalue weighted by atomic mass is 9.88. The number of rotatable bonds is 3. The average molecular weight is 213 g/mol. The van der Waals surface area contributed by atoms with E-state index in [-0.39, 0.29) is 5.41 Å². The van der Waals surface area contributed by atoms with Gasteiger partial charge in [-0.25, -0.2) is 0 Å². The van der Waals surface area contributed by atoms with Gasteiger partial charge in [-0.05, 0) is 11.5 Å². The molecule has 1 atom stereocenters. The van der Waals surface area contributed by atoms with Gasteiger partial charge in [0.15, 0.2) is 0 Å². The van der Waals surface area contributed by atoms with Crippen LogP contribution in [0.5, 0.6) is 0 Å². The lowest BCUT2D eigenvalue weighted by molar-refractivity contribution is 0.166. The van der Waals surface area contributed by atoms with Gasteiger partial charge in [0.1, 0.15) is 0 Å². The molecule has 0 spiro atoms. The molecule has 1 saturated heterocycles. The Labute approximate surface area is 87.8 Å². The van der Waals surface area contributed by atoms with Crippen LogP contribution in [0.4, 0.5) is 0 Å². The summed E-state index contributed by atoms with van der Waals surface area (Å²) in [5.41, 5.74) is 1.24. The Morgan fingerprint density at radius 3 is 3.14 bits per heavy atom. The highest BCUT2D eigenvalue weighted by molar-refractivity contribution is 7.03. The van der Waals surface area contributed by atoms with E-state index in [1.807, 2.05) is 5.38 Å². The SMILES string of the molecule is CC1(C)COCC1NCc1csnn1. The molecule has 0 saturated carbocycles. The number of hydrogen-bond acceptors (Lipinski definition) is 5. The Balaban J connectivity index is 1.86. The first-order valence-corrected chi connectivity index (χ1v) is 5.59. The van der Waals surface area contributed by atoms with Crippen LogP contribution in [0.1, 0.15) is 19.5 Å². The minimum Gasteiger partial charge on any atom is -0.379 e. The Kier molecular flexibility index (Phi) is 2.80. The van der Waals surface area contributed by atoms with Crippen molar-refractivity contribution in [1.29, 1.82) is 0 Å². The van der Waals surface area contributed by atoms with Crippen LogP contribution in [0.2, 0.25) is 0 Å². The maximum atomic E-state index is 5.45. The Morgan fingerprint density at radius 2 is 2.57 bits per heavy atom. The first kappa shape index (κ1) is 10.0. The molecule has 1 N–H and O–H groups in total. The van der Waals surface area contributed by atoms with Gasteiger partial charge in [0.25, 0.3) is 0 Å². The molecule has 14 heavy (non-hydrogen) atoms. The van der Waals surface area contributed by atoms with E-state index < -0.39 is 0 Å². The third-order valence-corrected chi connectivity index (χ3v) is 3.19. The fourth-order valence-electron chi connectivity index (χ4n) is 1.59. The molecule has 4 nitrogen and oxygen atoms in total. The Hall–Kier alpha value is -0.520. The predicted octanol–water partition coefficient (Wildman–Crippen LogP) is 1.05. The number of nitrogens with one attached hydrogen (secondary N) is 1. The van der Waals surface area contributed by atoms with Crippen LogP contribution in [0.15, 0.2) is 5.38 Å². The summed E-state index contributed by atoms with van der Waals surface area (Å²) in [4.78, 5) is 0. The predicted molar refractivity (Wildman–Crippen MR) is 55.1 cm³/mol. The maximum Gasteiger partial charge on any atom is 0.0893 e. The van der Waals surface area contributed by atoms with E-state index in [2.05, 4.69) is 28.8 Å². The first-order chi connectivity index (χ1) is 6.68. The molecule has 1 fully saturated rings. The summed E-state index contributed by atoms with van der Waals surface area (Å²) in [6, 6.07) is 0.421. The van der Waals surface area contributed by atoms with Gasteiger partial charge in [0.2, 0.25) is 0 Å². The zero-order valence-electron chi connectivity index (χ0n) is 8.49. The molecule has 0 radical (unpaired) electrons. The summed E-state index contributed by atoms with van der Waals surface area (Å²) in [5, 5.41) is 9.41. The number of ether oxygens (including phenoxy) is 1. The number of hydrogen-bond donors (Lipinski definition) is 1. The van der Waals surface area contributed by atoms with Crippen LogP contribution < -0.4 is 5.32 Å². The van der Waals surface area contributed by atoms with Gasteiger partial charge in [0, 0.05) is 23.4 Å². The first-order valence-electron chi connectivity index (χ1n) is 4.75. The van der Waals surface area contributed by atoms with Gasteiger partial charge in [-0.2, -0.15) is 0 Å². The van der Waals surface area contributed by atoms with E-state index in [9.17, 15) is 0 Å². The van der Waals surface area contributed by atoms with E-state index in [1.54, 1.807) is 0 Å². The van der Waals surface area contributed by atoms with E-state index in [1.165, 1.54) is 11.5 Å². The average Bonchev–Trinajstić information content (AvgIpc) is 2.71. The highest BCUT2D eigenvalue weighted by atomic mass is 32.1. The van der Waals surface area contributed by atoms with Gasteiger partial charge in [-0.1, -0.05) is 18.3 Å². The van der Waals surface area contributed by atoms with Gasteiger partial charge in [-0.3, -0.25) is 0 Å². The Morgan fingerprint density at radius 1 is 1.71 bits per heavy atom. The minimum absolute atomic E-state index is 0.226. The van der Waals surface area contributed by atoms with Crippen molar-refractivity contribution in [2.75, 3.05) is 13.2 Å². The largest absolute Gasteiger partial charge is 0.379 e. The second-order valence-corrected chi connectivity index (χ2v) is 4.94. The smallest absolute Gasteiger partial charge is 0.0893 e. The third kappa shape index (κ3) is 2.10. The van der Waals surface area contributed by atoms with Crippen molar-refractivity contribution in [3.63, 3.8) is 0 Å². The lowest BCUT2D eigenvalue weighted by Crippen LogP contribution is -2.40. The molecule has 1 unspecified atom stereocenters. The molecule has 0 amide bonds. The molecule has 2 rings (SSSR count). The summed E-state index contributed by atoms with van der Waals surface area (Å²) >= 11 is 1.39. The van der Waals surface area contributed by atoms with Crippen molar-refractivity contribution in [3.8, 4) is 0 Å². The molecule has 0 aliphatic carbocycles. The van der Waals surface area contributed by atoms with Crippen molar-refractivity contribution >= 4 is 11.5 Å². The highest BCUT2D eigenvalue weighted by Crippen LogP contribution is 2.27. The van der Waals surface area contributed by atoms with Crippen LogP contribution in [0, 0.1) is 5.41 Å². The van der Waals surface area contributed by atoms with Gasteiger partial charge >= 0.3 is 0 Å². The molecular weight excluding hydrogens is 198 g/mol. The molecule has 78 valence electrons. The van der Waals surface area contributed by atoms with Crippen molar-refractivity contribution in [2.45, 2.75) is 26.4 Å². The molecule has 1 aliphatic rings. The van der Waals surface area contributed by atoms with Gasteiger partial charge in [0.05, 0.1) is 18.9 Å². The number of aromatic nitrogens is 2. The van der Waals surface area contributed by atoms with E-state index in [4.69, 9.17) is 4.74 Å². The fourth-order valence-corrected chi connectivity index (χ4v) is 2.04. The van der Waals surface area contributed by atoms with Crippen molar-refractivity contribution in [2.24, 2.45) is 5.41 Å². The minimum atomic E-state index is 0.226. The molecule has 0 aromatic carbocycles. The second-order valence-electron chi connectivity index (χ2n) is 4.33. The zero-order chi connectivity index (χ0) is 10.0. The van der Waals surface area contributed by atoms with Crippen molar-refractivity contribution < 1.29 is 4.74 Å². The summed E-state index contributed by atoms with van der Waals surface area (Å²) in [6.45, 7) is 6.85. The van der Waals surface area contributed by atoms with Gasteiger partial charge < -0.3 is 10.1 Å². The quantitative estimate of drug-likeness (QED) is 0.815. The molecule has 1 aliphatic heterocycles. The molecule has 0 bridgehead atoms. The third-order valence-electron chi connectivity index (χ3n) is 2.64. The zero-order valence-corrected chi connectivity index (χ0v) is 9.30. The molecular formula is C9H15N3OS. The summed E-state index contributed by atoms with van der Waals surface area (Å²) < 4.78 is 9.27. The fraction of sp³-hybridized carbons (Fsp3) is 0.778. The standard InChI is InChI=1S/C9H15N3OS/c1-9(2)6-13-4-8(9)10-3-7-5-14-12-11-7/h5,8,10H,3-4,6H2,1-2H3. The topological polar surface area (TPSA) is 47.0 Å². The molecule has 1 aromatic rings. The summed E-state index contributed by atoms with van der Waals surface area (Å²) in [5.74, 6) is 0. The lowest BCUT2D eigenvalue weighted by Gasteiger charge is -2.25. The summed E-state index contributed by atoms with van der Waals surface area (Å²) in [6.07, 6.45) is 0. The normalized spacial score (nSPS) is 25.4. The highest BCUT2D eigenvalue weighted by Gasteiger charge is 2.35. The number of nitrogens with zero attached hydrogens (tertiary/aromatic N) is 2. The van der Waals surface area contributed by atoms with Crippen LogP contribution >= 0.6 is 11.5 Å². The van der Waals surface area contributed by atoms with Crippen LogP contribution in [0.3, 0.4) is 0 Å². The van der Waals surface area contributed by atoms with Crippen LogP contribution in [-0.4, -0.2) is 28.8 Å². The van der Waals surface area contributed by atoms with E-state index in [0.29, 0.717) is 6.04 Å². The van der Waals surface area contributed by atoms with Crippen molar-refractivity contribution in [3.05, 3.63) is 11.1 Å². The maximum absolute atomic E-state index is 5.45. The monoisotopic (exact) mass is 213 g/mol. The van der Waals surface area contributed by atoms with Crippen molar-refractivity contribution in [1.82, 2.24) is 14.9 Å².